The molecule has 0 radical (unpaired) electrons. The van der Waals surface area contributed by atoms with Crippen molar-refractivity contribution in [2.75, 3.05) is 25.5 Å². The number of anilines is 1. The maximum absolute atomic E-state index is 11.5. The van der Waals surface area contributed by atoms with E-state index in [4.69, 9.17) is 0 Å². The molecular formula is C13H17N3O3. The van der Waals surface area contributed by atoms with Gasteiger partial charge in [0.1, 0.15) is 5.69 Å². The zero-order valence-electron chi connectivity index (χ0n) is 11.3. The SMILES string of the molecule is C=C(C)CN(C)c1ccc(C(=O)NC)cc1[N+](=O)[O-]. The van der Waals surface area contributed by atoms with Gasteiger partial charge in [-0.1, -0.05) is 12.2 Å². The van der Waals surface area contributed by atoms with Gasteiger partial charge in [0.2, 0.25) is 0 Å². The average molecular weight is 263 g/mol. The molecule has 0 aliphatic rings. The van der Waals surface area contributed by atoms with Crippen molar-refractivity contribution in [3.05, 3.63) is 46.0 Å². The van der Waals surface area contributed by atoms with Crippen molar-refractivity contribution in [2.45, 2.75) is 6.92 Å². The van der Waals surface area contributed by atoms with E-state index >= 15 is 0 Å². The van der Waals surface area contributed by atoms with E-state index in [0.717, 1.165) is 5.57 Å². The first-order valence-electron chi connectivity index (χ1n) is 5.73. The highest BCUT2D eigenvalue weighted by Crippen LogP contribution is 2.28. The normalized spacial score (nSPS) is 9.84. The summed E-state index contributed by atoms with van der Waals surface area (Å²) >= 11 is 0. The molecule has 0 aliphatic heterocycles. The number of benzene rings is 1. The van der Waals surface area contributed by atoms with Crippen molar-refractivity contribution >= 4 is 17.3 Å². The molecule has 0 aromatic heterocycles. The van der Waals surface area contributed by atoms with E-state index in [-0.39, 0.29) is 17.2 Å². The number of likely N-dealkylation sites (N-methyl/N-ethyl adjacent to an activating group) is 1. The second kappa shape index (κ2) is 5.99. The Morgan fingerprint density at radius 1 is 1.53 bits per heavy atom. The number of nitrogens with zero attached hydrogens (tertiary/aromatic N) is 2. The topological polar surface area (TPSA) is 75.5 Å². The summed E-state index contributed by atoms with van der Waals surface area (Å²) in [6, 6.07) is 4.42. The summed E-state index contributed by atoms with van der Waals surface area (Å²) < 4.78 is 0. The summed E-state index contributed by atoms with van der Waals surface area (Å²) in [6.07, 6.45) is 0. The van der Waals surface area contributed by atoms with Crippen molar-refractivity contribution < 1.29 is 9.72 Å². The monoisotopic (exact) mass is 263 g/mol. The number of carbonyl (C=O) groups excluding carboxylic acids is 1. The van der Waals surface area contributed by atoms with Gasteiger partial charge in [0.25, 0.3) is 11.6 Å². The number of nitrogens with one attached hydrogen (secondary N) is 1. The molecule has 1 aromatic rings. The quantitative estimate of drug-likeness (QED) is 0.500. The molecule has 0 unspecified atom stereocenters. The summed E-state index contributed by atoms with van der Waals surface area (Å²) in [6.45, 7) is 6.14. The lowest BCUT2D eigenvalue weighted by atomic mass is 10.1. The second-order valence-electron chi connectivity index (χ2n) is 4.35. The molecule has 102 valence electrons. The van der Waals surface area contributed by atoms with Crippen molar-refractivity contribution in [1.29, 1.82) is 0 Å². The Labute approximate surface area is 111 Å². The lowest BCUT2D eigenvalue weighted by molar-refractivity contribution is -0.384. The fraction of sp³-hybridized carbons (Fsp3) is 0.308. The Bertz CT molecular complexity index is 526. The van der Waals surface area contributed by atoms with Gasteiger partial charge in [-0.2, -0.15) is 0 Å². The smallest absolute Gasteiger partial charge is 0.293 e. The lowest BCUT2D eigenvalue weighted by Crippen LogP contribution is -2.21. The van der Waals surface area contributed by atoms with Crippen LogP contribution in [0.4, 0.5) is 11.4 Å². The van der Waals surface area contributed by atoms with E-state index in [1.54, 1.807) is 24.1 Å². The van der Waals surface area contributed by atoms with Gasteiger partial charge in [0.15, 0.2) is 0 Å². The Morgan fingerprint density at radius 3 is 2.63 bits per heavy atom. The van der Waals surface area contributed by atoms with Gasteiger partial charge in [-0.3, -0.25) is 14.9 Å². The van der Waals surface area contributed by atoms with Crippen molar-refractivity contribution in [2.24, 2.45) is 0 Å². The van der Waals surface area contributed by atoms with E-state index in [9.17, 15) is 14.9 Å². The highest BCUT2D eigenvalue weighted by Gasteiger charge is 2.19. The van der Waals surface area contributed by atoms with Gasteiger partial charge >= 0.3 is 0 Å². The predicted octanol–water partition coefficient (Wildman–Crippen LogP) is 1.97. The van der Waals surface area contributed by atoms with Gasteiger partial charge in [0, 0.05) is 32.3 Å². The number of nitro benzene ring substituents is 1. The van der Waals surface area contributed by atoms with Gasteiger partial charge in [-0.15, -0.1) is 0 Å². The molecular weight excluding hydrogens is 246 g/mol. The third-order valence-corrected chi connectivity index (χ3v) is 2.58. The van der Waals surface area contributed by atoms with E-state index in [1.807, 2.05) is 6.92 Å². The molecule has 0 heterocycles. The molecule has 6 heteroatoms. The van der Waals surface area contributed by atoms with Crippen LogP contribution in [0.1, 0.15) is 17.3 Å². The molecule has 0 saturated heterocycles. The lowest BCUT2D eigenvalue weighted by Gasteiger charge is -2.19. The first kappa shape index (κ1) is 14.7. The summed E-state index contributed by atoms with van der Waals surface area (Å²) in [5, 5.41) is 13.5. The summed E-state index contributed by atoms with van der Waals surface area (Å²) in [7, 11) is 3.23. The number of hydrogen-bond acceptors (Lipinski definition) is 4. The van der Waals surface area contributed by atoms with Crippen LogP contribution in [0.3, 0.4) is 0 Å². The molecule has 0 saturated carbocycles. The minimum Gasteiger partial charge on any atom is -0.365 e. The molecule has 1 amide bonds. The molecule has 0 aliphatic carbocycles. The number of hydrogen-bond donors (Lipinski definition) is 1. The highest BCUT2D eigenvalue weighted by atomic mass is 16.6. The van der Waals surface area contributed by atoms with E-state index in [0.29, 0.717) is 12.2 Å². The number of rotatable bonds is 5. The maximum Gasteiger partial charge on any atom is 0.293 e. The molecule has 6 nitrogen and oxygen atoms in total. The molecule has 1 rings (SSSR count). The largest absolute Gasteiger partial charge is 0.365 e. The maximum atomic E-state index is 11.5. The van der Waals surface area contributed by atoms with Crippen LogP contribution in [-0.2, 0) is 0 Å². The standard InChI is InChI=1S/C13H17N3O3/c1-9(2)8-15(4)11-6-5-10(13(17)14-3)7-12(11)16(18)19/h5-7H,1,8H2,2-4H3,(H,14,17). The zero-order chi connectivity index (χ0) is 14.6. The van der Waals surface area contributed by atoms with Crippen LogP contribution in [0.15, 0.2) is 30.4 Å². The van der Waals surface area contributed by atoms with Crippen LogP contribution in [0.5, 0.6) is 0 Å². The zero-order valence-corrected chi connectivity index (χ0v) is 11.3. The third kappa shape index (κ3) is 3.54. The number of carbonyl (C=O) groups is 1. The van der Waals surface area contributed by atoms with Crippen LogP contribution in [0.2, 0.25) is 0 Å². The van der Waals surface area contributed by atoms with Crippen LogP contribution >= 0.6 is 0 Å². The second-order valence-corrected chi connectivity index (χ2v) is 4.35. The van der Waals surface area contributed by atoms with Crippen LogP contribution < -0.4 is 10.2 Å². The minimum atomic E-state index is -0.489. The van der Waals surface area contributed by atoms with Crippen molar-refractivity contribution in [3.63, 3.8) is 0 Å². The Morgan fingerprint density at radius 2 is 2.16 bits per heavy atom. The first-order chi connectivity index (χ1) is 8.86. The van der Waals surface area contributed by atoms with Crippen LogP contribution in [0, 0.1) is 10.1 Å². The van der Waals surface area contributed by atoms with Crippen molar-refractivity contribution in [1.82, 2.24) is 5.32 Å². The van der Waals surface area contributed by atoms with E-state index < -0.39 is 4.92 Å². The van der Waals surface area contributed by atoms with Gasteiger partial charge in [0.05, 0.1) is 4.92 Å². The molecule has 0 bridgehead atoms. The fourth-order valence-corrected chi connectivity index (χ4v) is 1.77. The number of amides is 1. The number of nitro groups is 1. The molecule has 1 aromatic carbocycles. The van der Waals surface area contributed by atoms with E-state index in [1.165, 1.54) is 13.1 Å². The van der Waals surface area contributed by atoms with Crippen LogP contribution in [0.25, 0.3) is 0 Å². The van der Waals surface area contributed by atoms with Gasteiger partial charge in [-0.05, 0) is 19.1 Å². The molecule has 0 spiro atoms. The molecule has 19 heavy (non-hydrogen) atoms. The van der Waals surface area contributed by atoms with Gasteiger partial charge < -0.3 is 10.2 Å². The van der Waals surface area contributed by atoms with Crippen LogP contribution in [-0.4, -0.2) is 31.5 Å². The average Bonchev–Trinajstić information content (AvgIpc) is 2.36. The highest BCUT2D eigenvalue weighted by molar-refractivity contribution is 5.95. The first-order valence-corrected chi connectivity index (χ1v) is 5.73. The Kier molecular flexibility index (Phi) is 4.63. The van der Waals surface area contributed by atoms with Gasteiger partial charge in [-0.25, -0.2) is 0 Å². The molecule has 0 fully saturated rings. The Balaban J connectivity index is 3.22. The summed E-state index contributed by atoms with van der Waals surface area (Å²) in [4.78, 5) is 23.8. The summed E-state index contributed by atoms with van der Waals surface area (Å²) in [5.41, 5.74) is 1.53. The Hall–Kier alpha value is -2.37. The third-order valence-electron chi connectivity index (χ3n) is 2.58. The summed E-state index contributed by atoms with van der Waals surface area (Å²) in [5.74, 6) is -0.350. The van der Waals surface area contributed by atoms with Crippen molar-refractivity contribution in [3.8, 4) is 0 Å². The molecule has 1 N–H and O–H groups in total. The minimum absolute atomic E-state index is 0.0927. The predicted molar refractivity (Wildman–Crippen MR) is 74.6 cm³/mol. The molecule has 0 atom stereocenters. The van der Waals surface area contributed by atoms with E-state index in [2.05, 4.69) is 11.9 Å². The fourth-order valence-electron chi connectivity index (χ4n) is 1.77.